The van der Waals surface area contributed by atoms with Crippen LogP contribution < -0.4 is 0 Å². The third kappa shape index (κ3) is 6.07. The van der Waals surface area contributed by atoms with Crippen molar-refractivity contribution in [2.75, 3.05) is 13.1 Å². The van der Waals surface area contributed by atoms with Gasteiger partial charge in [0.1, 0.15) is 0 Å². The molecular formula is C12H15BrF3N. The van der Waals surface area contributed by atoms with Gasteiger partial charge in [0.15, 0.2) is 0 Å². The van der Waals surface area contributed by atoms with Gasteiger partial charge in [-0.05, 0) is 30.7 Å². The second-order valence-electron chi connectivity index (χ2n) is 3.96. The second-order valence-corrected chi connectivity index (χ2v) is 4.87. The Labute approximate surface area is 108 Å². The van der Waals surface area contributed by atoms with E-state index in [0.717, 1.165) is 10.0 Å². The van der Waals surface area contributed by atoms with E-state index in [9.17, 15) is 13.2 Å². The first kappa shape index (κ1) is 14.5. The summed E-state index contributed by atoms with van der Waals surface area (Å²) in [6.45, 7) is 1.80. The van der Waals surface area contributed by atoms with Crippen LogP contribution in [0.15, 0.2) is 28.7 Å². The Morgan fingerprint density at radius 1 is 1.29 bits per heavy atom. The average Bonchev–Trinajstić information content (AvgIpc) is 2.15. The summed E-state index contributed by atoms with van der Waals surface area (Å²) < 4.78 is 38.0. The minimum absolute atomic E-state index is 0.326. The fraction of sp³-hybridized carbons (Fsp3) is 0.500. The maximum absolute atomic E-state index is 12.4. The monoisotopic (exact) mass is 309 g/mol. The predicted molar refractivity (Wildman–Crippen MR) is 65.8 cm³/mol. The topological polar surface area (TPSA) is 3.24 Å². The van der Waals surface area contributed by atoms with Crippen molar-refractivity contribution in [2.24, 2.45) is 0 Å². The van der Waals surface area contributed by atoms with Gasteiger partial charge in [-0.15, -0.1) is 0 Å². The third-order valence-corrected chi connectivity index (χ3v) is 2.73. The zero-order valence-corrected chi connectivity index (χ0v) is 11.2. The molecule has 96 valence electrons. The molecule has 0 unspecified atom stereocenters. The van der Waals surface area contributed by atoms with Gasteiger partial charge in [0.2, 0.25) is 0 Å². The lowest BCUT2D eigenvalue weighted by molar-refractivity contribution is -0.147. The highest BCUT2D eigenvalue weighted by molar-refractivity contribution is 9.10. The van der Waals surface area contributed by atoms with Gasteiger partial charge >= 0.3 is 6.18 Å². The smallest absolute Gasteiger partial charge is 0.291 e. The Morgan fingerprint density at radius 3 is 2.53 bits per heavy atom. The van der Waals surface area contributed by atoms with Gasteiger partial charge in [-0.2, -0.15) is 13.2 Å². The lowest BCUT2D eigenvalue weighted by atomic mass is 10.2. The summed E-state index contributed by atoms with van der Waals surface area (Å²) in [6, 6.07) is 7.37. The Balaban J connectivity index is 2.66. The largest absolute Gasteiger partial charge is 0.401 e. The van der Waals surface area contributed by atoms with E-state index in [-0.39, 0.29) is 0 Å². The predicted octanol–water partition coefficient (Wildman–Crippen LogP) is 4.22. The molecule has 0 saturated heterocycles. The van der Waals surface area contributed by atoms with Crippen LogP contribution in [0.4, 0.5) is 13.2 Å². The molecule has 5 heteroatoms. The van der Waals surface area contributed by atoms with Crippen molar-refractivity contribution in [1.82, 2.24) is 4.90 Å². The molecule has 17 heavy (non-hydrogen) atoms. The molecular weight excluding hydrogens is 295 g/mol. The van der Waals surface area contributed by atoms with Crippen LogP contribution in [0.25, 0.3) is 0 Å². The number of nitrogens with zero attached hydrogens (tertiary/aromatic N) is 1. The van der Waals surface area contributed by atoms with E-state index in [1.807, 2.05) is 31.2 Å². The van der Waals surface area contributed by atoms with Crippen molar-refractivity contribution < 1.29 is 13.2 Å². The number of rotatable bonds is 5. The molecule has 1 nitrogen and oxygen atoms in total. The molecule has 0 heterocycles. The molecule has 0 bridgehead atoms. The van der Waals surface area contributed by atoms with Crippen molar-refractivity contribution in [3.8, 4) is 0 Å². The normalized spacial score (nSPS) is 12.1. The summed E-state index contributed by atoms with van der Waals surface area (Å²) in [4.78, 5) is 1.42. The third-order valence-electron chi connectivity index (χ3n) is 2.24. The number of benzene rings is 1. The van der Waals surface area contributed by atoms with E-state index in [2.05, 4.69) is 15.9 Å². The van der Waals surface area contributed by atoms with Gasteiger partial charge in [-0.3, -0.25) is 4.90 Å². The maximum Gasteiger partial charge on any atom is 0.401 e. The lowest BCUT2D eigenvalue weighted by Crippen LogP contribution is -2.34. The Morgan fingerprint density at radius 2 is 2.00 bits per heavy atom. The van der Waals surface area contributed by atoms with Crippen molar-refractivity contribution >= 4 is 15.9 Å². The van der Waals surface area contributed by atoms with Gasteiger partial charge < -0.3 is 0 Å². The minimum atomic E-state index is -4.14. The van der Waals surface area contributed by atoms with Crippen LogP contribution in [0.1, 0.15) is 18.9 Å². The summed E-state index contributed by atoms with van der Waals surface area (Å²) in [5, 5.41) is 0. The molecule has 1 aromatic rings. The molecule has 0 fully saturated rings. The molecule has 0 spiro atoms. The van der Waals surface area contributed by atoms with Crippen LogP contribution in [0.3, 0.4) is 0 Å². The van der Waals surface area contributed by atoms with Crippen LogP contribution in [0, 0.1) is 0 Å². The lowest BCUT2D eigenvalue weighted by Gasteiger charge is -2.23. The van der Waals surface area contributed by atoms with E-state index < -0.39 is 12.7 Å². The zero-order valence-electron chi connectivity index (χ0n) is 9.60. The molecule has 1 aromatic carbocycles. The molecule has 0 saturated carbocycles. The van der Waals surface area contributed by atoms with Crippen molar-refractivity contribution in [2.45, 2.75) is 26.1 Å². The Hall–Kier alpha value is -0.550. The summed E-state index contributed by atoms with van der Waals surface area (Å²) in [7, 11) is 0. The number of halogens is 4. The van der Waals surface area contributed by atoms with Gasteiger partial charge in [0.25, 0.3) is 0 Å². The summed E-state index contributed by atoms with van der Waals surface area (Å²) in [5.41, 5.74) is 0.886. The van der Waals surface area contributed by atoms with E-state index >= 15 is 0 Å². The van der Waals surface area contributed by atoms with Crippen molar-refractivity contribution in [3.63, 3.8) is 0 Å². The van der Waals surface area contributed by atoms with E-state index in [4.69, 9.17) is 0 Å². The first-order valence-corrected chi connectivity index (χ1v) is 6.23. The van der Waals surface area contributed by atoms with Gasteiger partial charge in [0.05, 0.1) is 6.54 Å². The van der Waals surface area contributed by atoms with Crippen LogP contribution in [-0.2, 0) is 6.54 Å². The Bertz CT molecular complexity index is 352. The molecule has 0 radical (unpaired) electrons. The SMILES string of the molecule is CCCN(Cc1cccc(Br)c1)CC(F)(F)F. The quantitative estimate of drug-likeness (QED) is 0.787. The molecule has 0 aliphatic heterocycles. The molecule has 0 aliphatic rings. The number of hydrogen-bond donors (Lipinski definition) is 0. The highest BCUT2D eigenvalue weighted by atomic mass is 79.9. The van der Waals surface area contributed by atoms with E-state index in [0.29, 0.717) is 19.5 Å². The van der Waals surface area contributed by atoms with Gasteiger partial charge in [-0.25, -0.2) is 0 Å². The fourth-order valence-electron chi connectivity index (χ4n) is 1.68. The molecule has 0 N–H and O–H groups in total. The summed E-state index contributed by atoms with van der Waals surface area (Å²) >= 11 is 3.31. The molecule has 1 rings (SSSR count). The van der Waals surface area contributed by atoms with Crippen LogP contribution >= 0.6 is 15.9 Å². The fourth-order valence-corrected chi connectivity index (χ4v) is 2.12. The number of hydrogen-bond acceptors (Lipinski definition) is 1. The molecule has 0 aromatic heterocycles. The molecule has 0 aliphatic carbocycles. The average molecular weight is 310 g/mol. The van der Waals surface area contributed by atoms with Crippen LogP contribution in [-0.4, -0.2) is 24.2 Å². The first-order valence-electron chi connectivity index (χ1n) is 5.44. The summed E-state index contributed by atoms with van der Waals surface area (Å²) in [5.74, 6) is 0. The van der Waals surface area contributed by atoms with Gasteiger partial charge in [0, 0.05) is 11.0 Å². The minimum Gasteiger partial charge on any atom is -0.291 e. The maximum atomic E-state index is 12.4. The highest BCUT2D eigenvalue weighted by Crippen LogP contribution is 2.19. The second kappa shape index (κ2) is 6.40. The highest BCUT2D eigenvalue weighted by Gasteiger charge is 2.30. The standard InChI is InChI=1S/C12H15BrF3N/c1-2-6-17(9-12(14,15)16)8-10-4-3-5-11(13)7-10/h3-5,7H,2,6,8-9H2,1H3. The van der Waals surface area contributed by atoms with Crippen molar-refractivity contribution in [3.05, 3.63) is 34.3 Å². The van der Waals surface area contributed by atoms with Gasteiger partial charge in [-0.1, -0.05) is 35.0 Å². The Kier molecular flexibility index (Phi) is 5.46. The van der Waals surface area contributed by atoms with E-state index in [1.165, 1.54) is 4.90 Å². The van der Waals surface area contributed by atoms with Crippen molar-refractivity contribution in [1.29, 1.82) is 0 Å². The molecule has 0 atom stereocenters. The number of alkyl halides is 3. The zero-order chi connectivity index (χ0) is 12.9. The first-order chi connectivity index (χ1) is 7.90. The molecule has 0 amide bonds. The van der Waals surface area contributed by atoms with E-state index in [1.54, 1.807) is 0 Å². The van der Waals surface area contributed by atoms with Crippen LogP contribution in [0.2, 0.25) is 0 Å². The van der Waals surface area contributed by atoms with Crippen LogP contribution in [0.5, 0.6) is 0 Å². The summed E-state index contributed by atoms with van der Waals surface area (Å²) in [6.07, 6.45) is -3.43.